The zero-order valence-electron chi connectivity index (χ0n) is 9.70. The second-order valence-corrected chi connectivity index (χ2v) is 5.38. The van der Waals surface area contributed by atoms with E-state index in [0.717, 1.165) is 34.2 Å². The molecule has 0 bridgehead atoms. The van der Waals surface area contributed by atoms with Crippen LogP contribution in [0.1, 0.15) is 19.8 Å². The summed E-state index contributed by atoms with van der Waals surface area (Å²) in [5.74, 6) is 2.76. The first-order chi connectivity index (χ1) is 7.72. The van der Waals surface area contributed by atoms with Crippen molar-refractivity contribution in [3.63, 3.8) is 0 Å². The fourth-order valence-corrected chi connectivity index (χ4v) is 3.03. The maximum absolute atomic E-state index is 4.41. The van der Waals surface area contributed by atoms with Gasteiger partial charge in [-0.05, 0) is 41.4 Å². The SMILES string of the molecule is CNc1ncnc(N2CCC[C@@H](C)C2)c1I. The van der Waals surface area contributed by atoms with Gasteiger partial charge in [-0.25, -0.2) is 9.97 Å². The van der Waals surface area contributed by atoms with Crippen LogP contribution >= 0.6 is 22.6 Å². The van der Waals surface area contributed by atoms with Gasteiger partial charge in [0.05, 0.1) is 3.57 Å². The largest absolute Gasteiger partial charge is 0.372 e. The van der Waals surface area contributed by atoms with Crippen LogP contribution in [0.5, 0.6) is 0 Å². The molecule has 0 saturated carbocycles. The van der Waals surface area contributed by atoms with Crippen LogP contribution in [0.2, 0.25) is 0 Å². The van der Waals surface area contributed by atoms with Gasteiger partial charge in [0.2, 0.25) is 0 Å². The molecule has 0 aromatic carbocycles. The lowest BCUT2D eigenvalue weighted by Crippen LogP contribution is -2.35. The molecule has 0 spiro atoms. The summed E-state index contributed by atoms with van der Waals surface area (Å²) < 4.78 is 1.12. The normalized spacial score (nSPS) is 20.9. The molecule has 0 unspecified atom stereocenters. The fourth-order valence-electron chi connectivity index (χ4n) is 2.14. The van der Waals surface area contributed by atoms with E-state index in [4.69, 9.17) is 0 Å². The summed E-state index contributed by atoms with van der Waals surface area (Å²) in [5.41, 5.74) is 0. The summed E-state index contributed by atoms with van der Waals surface area (Å²) in [6.45, 7) is 4.52. The Morgan fingerprint density at radius 3 is 3.00 bits per heavy atom. The van der Waals surface area contributed by atoms with Crippen molar-refractivity contribution in [2.75, 3.05) is 30.4 Å². The Morgan fingerprint density at radius 2 is 2.31 bits per heavy atom. The average Bonchev–Trinajstić information content (AvgIpc) is 2.29. The van der Waals surface area contributed by atoms with Gasteiger partial charge >= 0.3 is 0 Å². The smallest absolute Gasteiger partial charge is 0.147 e. The Hall–Kier alpha value is -0.590. The molecule has 1 aromatic rings. The Bertz CT molecular complexity index is 369. The van der Waals surface area contributed by atoms with E-state index in [1.807, 2.05) is 7.05 Å². The molecular weight excluding hydrogens is 315 g/mol. The summed E-state index contributed by atoms with van der Waals surface area (Å²) in [6, 6.07) is 0. The van der Waals surface area contributed by atoms with Crippen molar-refractivity contribution in [2.45, 2.75) is 19.8 Å². The highest BCUT2D eigenvalue weighted by Gasteiger charge is 2.20. The molecule has 0 amide bonds. The maximum atomic E-state index is 4.41. The van der Waals surface area contributed by atoms with Gasteiger partial charge in [-0.15, -0.1) is 0 Å². The van der Waals surface area contributed by atoms with E-state index in [9.17, 15) is 0 Å². The number of nitrogens with zero attached hydrogens (tertiary/aromatic N) is 3. The minimum Gasteiger partial charge on any atom is -0.372 e. The summed E-state index contributed by atoms with van der Waals surface area (Å²) in [5, 5.41) is 3.10. The number of rotatable bonds is 2. The van der Waals surface area contributed by atoms with Crippen LogP contribution in [0.25, 0.3) is 0 Å². The fraction of sp³-hybridized carbons (Fsp3) is 0.636. The molecule has 2 rings (SSSR count). The molecule has 1 aromatic heterocycles. The van der Waals surface area contributed by atoms with Gasteiger partial charge in [-0.2, -0.15) is 0 Å². The molecule has 1 aliphatic rings. The van der Waals surface area contributed by atoms with Gasteiger partial charge < -0.3 is 10.2 Å². The first-order valence-electron chi connectivity index (χ1n) is 5.65. The van der Waals surface area contributed by atoms with Crippen molar-refractivity contribution in [3.8, 4) is 0 Å². The third-order valence-electron chi connectivity index (χ3n) is 2.96. The molecule has 1 fully saturated rings. The Labute approximate surface area is 110 Å². The van der Waals surface area contributed by atoms with Gasteiger partial charge in [0.15, 0.2) is 0 Å². The van der Waals surface area contributed by atoms with E-state index in [1.54, 1.807) is 6.33 Å². The molecule has 5 heteroatoms. The molecule has 0 radical (unpaired) electrons. The lowest BCUT2D eigenvalue weighted by atomic mass is 10.0. The molecule has 1 saturated heterocycles. The van der Waals surface area contributed by atoms with E-state index in [2.05, 4.69) is 49.7 Å². The van der Waals surface area contributed by atoms with E-state index in [-0.39, 0.29) is 0 Å². The lowest BCUT2D eigenvalue weighted by molar-refractivity contribution is 0.444. The van der Waals surface area contributed by atoms with E-state index in [1.165, 1.54) is 12.8 Å². The molecule has 1 N–H and O–H groups in total. The van der Waals surface area contributed by atoms with Gasteiger partial charge in [0.1, 0.15) is 18.0 Å². The standard InChI is InChI=1S/C11H17IN4/c1-8-4-3-5-16(6-8)11-9(12)10(13-2)14-7-15-11/h7-8H,3-6H2,1-2H3,(H,13,14,15)/t8-/m1/s1. The molecule has 4 nitrogen and oxygen atoms in total. The van der Waals surface area contributed by atoms with Crippen LogP contribution in [0.4, 0.5) is 11.6 Å². The second-order valence-electron chi connectivity index (χ2n) is 4.30. The van der Waals surface area contributed by atoms with Crippen molar-refractivity contribution in [3.05, 3.63) is 9.90 Å². The topological polar surface area (TPSA) is 41.1 Å². The number of halogens is 1. The summed E-state index contributed by atoms with van der Waals surface area (Å²) >= 11 is 2.32. The third-order valence-corrected chi connectivity index (χ3v) is 3.96. The second kappa shape index (κ2) is 5.16. The lowest BCUT2D eigenvalue weighted by Gasteiger charge is -2.32. The molecular formula is C11H17IN4. The predicted octanol–water partition coefficient (Wildman–Crippen LogP) is 2.36. The summed E-state index contributed by atoms with van der Waals surface area (Å²) in [7, 11) is 1.90. The Kier molecular flexibility index (Phi) is 3.83. The zero-order chi connectivity index (χ0) is 11.5. The van der Waals surface area contributed by atoms with Crippen molar-refractivity contribution in [1.82, 2.24) is 9.97 Å². The number of hydrogen-bond acceptors (Lipinski definition) is 4. The van der Waals surface area contributed by atoms with Crippen molar-refractivity contribution >= 4 is 34.2 Å². The van der Waals surface area contributed by atoms with E-state index in [0.29, 0.717) is 0 Å². The molecule has 0 aliphatic carbocycles. The number of aromatic nitrogens is 2. The number of hydrogen-bond donors (Lipinski definition) is 1. The predicted molar refractivity (Wildman–Crippen MR) is 74.9 cm³/mol. The number of nitrogens with one attached hydrogen (secondary N) is 1. The molecule has 16 heavy (non-hydrogen) atoms. The monoisotopic (exact) mass is 332 g/mol. The van der Waals surface area contributed by atoms with Crippen molar-refractivity contribution in [1.29, 1.82) is 0 Å². The van der Waals surface area contributed by atoms with Crippen molar-refractivity contribution < 1.29 is 0 Å². The van der Waals surface area contributed by atoms with Gasteiger partial charge in [-0.3, -0.25) is 0 Å². The Balaban J connectivity index is 2.25. The maximum Gasteiger partial charge on any atom is 0.147 e. The highest BCUT2D eigenvalue weighted by atomic mass is 127. The molecule has 1 atom stereocenters. The quantitative estimate of drug-likeness (QED) is 0.845. The van der Waals surface area contributed by atoms with Crippen LogP contribution in [-0.2, 0) is 0 Å². The minimum atomic E-state index is 0.762. The molecule has 88 valence electrons. The van der Waals surface area contributed by atoms with Crippen LogP contribution in [-0.4, -0.2) is 30.1 Å². The molecule has 2 heterocycles. The summed E-state index contributed by atoms with van der Waals surface area (Å²) in [4.78, 5) is 11.0. The van der Waals surface area contributed by atoms with Crippen LogP contribution < -0.4 is 10.2 Å². The minimum absolute atomic E-state index is 0.762. The highest BCUT2D eigenvalue weighted by molar-refractivity contribution is 14.1. The Morgan fingerprint density at radius 1 is 1.50 bits per heavy atom. The van der Waals surface area contributed by atoms with Gasteiger partial charge in [0, 0.05) is 20.1 Å². The average molecular weight is 332 g/mol. The highest BCUT2D eigenvalue weighted by Crippen LogP contribution is 2.28. The van der Waals surface area contributed by atoms with E-state index < -0.39 is 0 Å². The first-order valence-corrected chi connectivity index (χ1v) is 6.73. The zero-order valence-corrected chi connectivity index (χ0v) is 11.9. The van der Waals surface area contributed by atoms with Gasteiger partial charge in [0.25, 0.3) is 0 Å². The molecule has 1 aliphatic heterocycles. The first kappa shape index (κ1) is 11.9. The third kappa shape index (κ3) is 2.39. The number of piperidine rings is 1. The van der Waals surface area contributed by atoms with Crippen LogP contribution in [0.15, 0.2) is 6.33 Å². The van der Waals surface area contributed by atoms with Crippen molar-refractivity contribution in [2.24, 2.45) is 5.92 Å². The van der Waals surface area contributed by atoms with Crippen LogP contribution in [0, 0.1) is 9.49 Å². The van der Waals surface area contributed by atoms with E-state index >= 15 is 0 Å². The summed E-state index contributed by atoms with van der Waals surface area (Å²) in [6.07, 6.45) is 4.23. The van der Waals surface area contributed by atoms with Crippen LogP contribution in [0.3, 0.4) is 0 Å². The van der Waals surface area contributed by atoms with Gasteiger partial charge in [-0.1, -0.05) is 6.92 Å². The number of anilines is 2.